The van der Waals surface area contributed by atoms with Gasteiger partial charge in [0.25, 0.3) is 0 Å². The number of benzene rings is 1. The first kappa shape index (κ1) is 12.9. The highest BCUT2D eigenvalue weighted by Crippen LogP contribution is 2.39. The third-order valence-electron chi connectivity index (χ3n) is 3.88. The molecule has 1 aromatic carbocycles. The predicted octanol–water partition coefficient (Wildman–Crippen LogP) is 2.73. The Hall–Kier alpha value is -0.570. The number of rotatable bonds is 3. The van der Waals surface area contributed by atoms with Gasteiger partial charge in [-0.15, -0.1) is 0 Å². The highest BCUT2D eigenvalue weighted by Gasteiger charge is 2.40. The highest BCUT2D eigenvalue weighted by atomic mass is 35.5. The van der Waals surface area contributed by atoms with Crippen LogP contribution in [-0.4, -0.2) is 24.8 Å². The fraction of sp³-hybridized carbons (Fsp3) is 0.571. The maximum absolute atomic E-state index is 10.4. The molecular weight excluding hydrogens is 234 g/mol. The summed E-state index contributed by atoms with van der Waals surface area (Å²) in [6, 6.07) is 7.93. The standard InChI is InChI=1S/C14H20ClNO/c1-16-10-14(8-3-2-7-13(14)17)11-5-4-6-12(15)9-11/h4-6,9,13,16-17H,2-3,7-8,10H2,1H3/t13-,14+/m0/s1. The van der Waals surface area contributed by atoms with E-state index in [0.29, 0.717) is 0 Å². The molecule has 0 amide bonds. The van der Waals surface area contributed by atoms with E-state index in [0.717, 1.165) is 36.4 Å². The molecule has 0 unspecified atom stereocenters. The van der Waals surface area contributed by atoms with Crippen LogP contribution >= 0.6 is 11.6 Å². The number of nitrogens with one attached hydrogen (secondary N) is 1. The average molecular weight is 254 g/mol. The van der Waals surface area contributed by atoms with Crippen LogP contribution in [0.1, 0.15) is 31.2 Å². The average Bonchev–Trinajstić information content (AvgIpc) is 2.32. The molecule has 1 aliphatic rings. The molecule has 2 nitrogen and oxygen atoms in total. The third-order valence-corrected chi connectivity index (χ3v) is 4.12. The molecule has 0 spiro atoms. The summed E-state index contributed by atoms with van der Waals surface area (Å²) < 4.78 is 0. The topological polar surface area (TPSA) is 32.3 Å². The Balaban J connectivity index is 2.39. The van der Waals surface area contributed by atoms with Crippen molar-refractivity contribution in [3.05, 3.63) is 34.9 Å². The lowest BCUT2D eigenvalue weighted by Crippen LogP contribution is -2.48. The van der Waals surface area contributed by atoms with Crippen molar-refractivity contribution < 1.29 is 5.11 Å². The molecule has 2 atom stereocenters. The summed E-state index contributed by atoms with van der Waals surface area (Å²) in [6.07, 6.45) is 3.92. The molecular formula is C14H20ClNO. The van der Waals surface area contributed by atoms with E-state index in [4.69, 9.17) is 11.6 Å². The molecule has 94 valence electrons. The van der Waals surface area contributed by atoms with Gasteiger partial charge in [0, 0.05) is 17.0 Å². The van der Waals surface area contributed by atoms with Gasteiger partial charge >= 0.3 is 0 Å². The van der Waals surface area contributed by atoms with Gasteiger partial charge in [-0.25, -0.2) is 0 Å². The fourth-order valence-electron chi connectivity index (χ4n) is 2.98. The van der Waals surface area contributed by atoms with E-state index in [-0.39, 0.29) is 11.5 Å². The Kier molecular flexibility index (Phi) is 4.08. The van der Waals surface area contributed by atoms with Gasteiger partial charge in [-0.05, 0) is 37.6 Å². The third kappa shape index (κ3) is 2.49. The van der Waals surface area contributed by atoms with E-state index in [9.17, 15) is 5.11 Å². The SMILES string of the molecule is CNC[C@@]1(c2cccc(Cl)c2)CCCC[C@@H]1O. The van der Waals surface area contributed by atoms with Gasteiger partial charge in [-0.1, -0.05) is 36.6 Å². The van der Waals surface area contributed by atoms with Gasteiger partial charge in [0.1, 0.15) is 0 Å². The van der Waals surface area contributed by atoms with Gasteiger partial charge in [0.15, 0.2) is 0 Å². The quantitative estimate of drug-likeness (QED) is 0.868. The molecule has 0 aromatic heterocycles. The molecule has 2 rings (SSSR count). The molecule has 1 aliphatic carbocycles. The number of aliphatic hydroxyl groups excluding tert-OH is 1. The first-order valence-electron chi connectivity index (χ1n) is 6.28. The van der Waals surface area contributed by atoms with Crippen molar-refractivity contribution in [3.63, 3.8) is 0 Å². The first-order chi connectivity index (χ1) is 8.19. The van der Waals surface area contributed by atoms with Gasteiger partial charge < -0.3 is 10.4 Å². The summed E-state index contributed by atoms with van der Waals surface area (Å²) in [5.74, 6) is 0. The fourth-order valence-corrected chi connectivity index (χ4v) is 3.17. The Bertz CT molecular complexity index is 378. The number of hydrogen-bond donors (Lipinski definition) is 2. The zero-order valence-corrected chi connectivity index (χ0v) is 11.0. The normalized spacial score (nSPS) is 29.2. The summed E-state index contributed by atoms with van der Waals surface area (Å²) in [5, 5.41) is 14.4. The van der Waals surface area contributed by atoms with Crippen LogP contribution in [0, 0.1) is 0 Å². The maximum atomic E-state index is 10.4. The van der Waals surface area contributed by atoms with Crippen molar-refractivity contribution in [2.24, 2.45) is 0 Å². The number of halogens is 1. The van der Waals surface area contributed by atoms with Crippen molar-refractivity contribution in [1.82, 2.24) is 5.32 Å². The van der Waals surface area contributed by atoms with Crippen molar-refractivity contribution in [2.45, 2.75) is 37.2 Å². The lowest BCUT2D eigenvalue weighted by molar-refractivity contribution is 0.0424. The first-order valence-corrected chi connectivity index (χ1v) is 6.65. The largest absolute Gasteiger partial charge is 0.392 e. The van der Waals surface area contributed by atoms with Crippen molar-refractivity contribution >= 4 is 11.6 Å². The Morgan fingerprint density at radius 1 is 1.47 bits per heavy atom. The van der Waals surface area contributed by atoms with Crippen LogP contribution in [-0.2, 0) is 5.41 Å². The van der Waals surface area contributed by atoms with Crippen LogP contribution in [0.5, 0.6) is 0 Å². The molecule has 2 N–H and O–H groups in total. The predicted molar refractivity (Wildman–Crippen MR) is 71.5 cm³/mol. The van der Waals surface area contributed by atoms with Crippen LogP contribution in [0.25, 0.3) is 0 Å². The number of aliphatic hydroxyl groups is 1. The summed E-state index contributed by atoms with van der Waals surface area (Å²) in [4.78, 5) is 0. The zero-order chi connectivity index (χ0) is 12.3. The Morgan fingerprint density at radius 3 is 2.94 bits per heavy atom. The van der Waals surface area contributed by atoms with Crippen molar-refractivity contribution in [1.29, 1.82) is 0 Å². The second-order valence-electron chi connectivity index (χ2n) is 4.96. The van der Waals surface area contributed by atoms with E-state index in [1.807, 2.05) is 25.2 Å². The zero-order valence-electron chi connectivity index (χ0n) is 10.2. The molecule has 0 radical (unpaired) electrons. The molecule has 1 aromatic rings. The molecule has 0 aliphatic heterocycles. The number of likely N-dealkylation sites (N-methyl/N-ethyl adjacent to an activating group) is 1. The molecule has 3 heteroatoms. The van der Waals surface area contributed by atoms with Crippen LogP contribution < -0.4 is 5.32 Å². The molecule has 1 saturated carbocycles. The van der Waals surface area contributed by atoms with Crippen LogP contribution in [0.3, 0.4) is 0 Å². The minimum Gasteiger partial charge on any atom is -0.392 e. The molecule has 0 heterocycles. The molecule has 0 bridgehead atoms. The van der Waals surface area contributed by atoms with E-state index in [1.165, 1.54) is 6.42 Å². The van der Waals surface area contributed by atoms with Gasteiger partial charge in [-0.2, -0.15) is 0 Å². The smallest absolute Gasteiger partial charge is 0.0649 e. The number of hydrogen-bond acceptors (Lipinski definition) is 2. The Labute approximate surface area is 108 Å². The van der Waals surface area contributed by atoms with Crippen LogP contribution in [0.4, 0.5) is 0 Å². The van der Waals surface area contributed by atoms with E-state index in [2.05, 4.69) is 11.4 Å². The van der Waals surface area contributed by atoms with Crippen LogP contribution in [0.15, 0.2) is 24.3 Å². The molecule has 17 heavy (non-hydrogen) atoms. The van der Waals surface area contributed by atoms with E-state index < -0.39 is 0 Å². The second-order valence-corrected chi connectivity index (χ2v) is 5.39. The maximum Gasteiger partial charge on any atom is 0.0649 e. The Morgan fingerprint density at radius 2 is 2.29 bits per heavy atom. The van der Waals surface area contributed by atoms with Gasteiger partial charge in [-0.3, -0.25) is 0 Å². The van der Waals surface area contributed by atoms with Gasteiger partial charge in [0.2, 0.25) is 0 Å². The summed E-state index contributed by atoms with van der Waals surface area (Å²) >= 11 is 6.07. The van der Waals surface area contributed by atoms with E-state index >= 15 is 0 Å². The summed E-state index contributed by atoms with van der Waals surface area (Å²) in [6.45, 7) is 0.800. The lowest BCUT2D eigenvalue weighted by atomic mass is 9.67. The highest BCUT2D eigenvalue weighted by molar-refractivity contribution is 6.30. The van der Waals surface area contributed by atoms with Crippen molar-refractivity contribution in [2.75, 3.05) is 13.6 Å². The van der Waals surface area contributed by atoms with Crippen molar-refractivity contribution in [3.8, 4) is 0 Å². The lowest BCUT2D eigenvalue weighted by Gasteiger charge is -2.42. The molecule has 0 saturated heterocycles. The summed E-state index contributed by atoms with van der Waals surface area (Å²) in [5.41, 5.74) is 0.990. The molecule has 1 fully saturated rings. The van der Waals surface area contributed by atoms with E-state index in [1.54, 1.807) is 0 Å². The minimum atomic E-state index is -0.276. The van der Waals surface area contributed by atoms with Crippen LogP contribution in [0.2, 0.25) is 5.02 Å². The van der Waals surface area contributed by atoms with Gasteiger partial charge in [0.05, 0.1) is 6.10 Å². The summed E-state index contributed by atoms with van der Waals surface area (Å²) in [7, 11) is 1.94. The second kappa shape index (κ2) is 5.38. The monoisotopic (exact) mass is 253 g/mol. The minimum absolute atomic E-state index is 0.169.